The summed E-state index contributed by atoms with van der Waals surface area (Å²) in [5.74, 6) is 0.922. The predicted octanol–water partition coefficient (Wildman–Crippen LogP) is 7.42. The van der Waals surface area contributed by atoms with E-state index < -0.39 is 0 Å². The van der Waals surface area contributed by atoms with Gasteiger partial charge in [0.25, 0.3) is 0 Å². The van der Waals surface area contributed by atoms with Crippen LogP contribution in [0, 0.1) is 0 Å². The van der Waals surface area contributed by atoms with Gasteiger partial charge in [-0.25, -0.2) is 0 Å². The maximum Gasteiger partial charge on any atom is 0.119 e. The molecular formula is C29H37NO. The fourth-order valence-corrected chi connectivity index (χ4v) is 3.48. The molecule has 2 aromatic carbocycles. The van der Waals surface area contributed by atoms with E-state index in [-0.39, 0.29) is 0 Å². The molecule has 31 heavy (non-hydrogen) atoms. The van der Waals surface area contributed by atoms with Crippen molar-refractivity contribution in [1.82, 2.24) is 4.90 Å². The van der Waals surface area contributed by atoms with Crippen molar-refractivity contribution in [3.63, 3.8) is 0 Å². The highest BCUT2D eigenvalue weighted by Gasteiger charge is 2.10. The first-order valence-corrected chi connectivity index (χ1v) is 11.2. The maximum atomic E-state index is 5.94. The van der Waals surface area contributed by atoms with E-state index in [0.717, 1.165) is 31.7 Å². The second kappa shape index (κ2) is 13.5. The molecule has 2 aromatic rings. The third-order valence-corrected chi connectivity index (χ3v) is 5.41. The first-order chi connectivity index (χ1) is 15.1. The van der Waals surface area contributed by atoms with Gasteiger partial charge in [0.1, 0.15) is 12.4 Å². The number of hydrogen-bond acceptors (Lipinski definition) is 2. The molecule has 0 aliphatic carbocycles. The lowest BCUT2D eigenvalue weighted by Crippen LogP contribution is -2.23. The molecule has 2 rings (SSSR count). The van der Waals surface area contributed by atoms with Crippen LogP contribution in [0.3, 0.4) is 0 Å². The van der Waals surface area contributed by atoms with E-state index in [2.05, 4.69) is 106 Å². The highest BCUT2D eigenvalue weighted by Crippen LogP contribution is 2.32. The zero-order valence-corrected chi connectivity index (χ0v) is 19.6. The van der Waals surface area contributed by atoms with Gasteiger partial charge in [-0.05, 0) is 67.8 Å². The lowest BCUT2D eigenvalue weighted by atomic mass is 9.90. The van der Waals surface area contributed by atoms with Gasteiger partial charge in [-0.1, -0.05) is 92.8 Å². The highest BCUT2D eigenvalue weighted by molar-refractivity contribution is 5.91. The molecule has 0 unspecified atom stereocenters. The van der Waals surface area contributed by atoms with Gasteiger partial charge < -0.3 is 9.64 Å². The summed E-state index contributed by atoms with van der Waals surface area (Å²) >= 11 is 0. The zero-order valence-electron chi connectivity index (χ0n) is 19.6. The minimum atomic E-state index is 0.703. The van der Waals surface area contributed by atoms with E-state index in [1.165, 1.54) is 27.8 Å². The number of rotatable bonds is 12. The minimum Gasteiger partial charge on any atom is -0.492 e. The number of nitrogens with zero attached hydrogens (tertiary/aromatic N) is 1. The van der Waals surface area contributed by atoms with E-state index in [4.69, 9.17) is 4.74 Å². The molecule has 0 saturated heterocycles. The summed E-state index contributed by atoms with van der Waals surface area (Å²) in [5, 5.41) is 0. The first kappa shape index (κ1) is 24.4. The highest BCUT2D eigenvalue weighted by atomic mass is 16.5. The fourth-order valence-electron chi connectivity index (χ4n) is 3.48. The van der Waals surface area contributed by atoms with Crippen molar-refractivity contribution in [3.05, 3.63) is 102 Å². The van der Waals surface area contributed by atoms with Crippen LogP contribution in [0.1, 0.15) is 44.7 Å². The molecule has 0 spiro atoms. The van der Waals surface area contributed by atoms with Gasteiger partial charge in [0.2, 0.25) is 0 Å². The van der Waals surface area contributed by atoms with Crippen molar-refractivity contribution in [1.29, 1.82) is 0 Å². The summed E-state index contributed by atoms with van der Waals surface area (Å²) in [6, 6.07) is 19.2. The molecule has 0 N–H and O–H groups in total. The lowest BCUT2D eigenvalue weighted by Gasteiger charge is -2.16. The van der Waals surface area contributed by atoms with Crippen LogP contribution < -0.4 is 4.74 Å². The second-order valence-electron chi connectivity index (χ2n) is 7.70. The monoisotopic (exact) mass is 415 g/mol. The molecule has 164 valence electrons. The van der Waals surface area contributed by atoms with E-state index in [0.29, 0.717) is 6.61 Å². The Bertz CT molecular complexity index is 888. The Morgan fingerprint density at radius 2 is 1.65 bits per heavy atom. The average molecular weight is 416 g/mol. The van der Waals surface area contributed by atoms with Gasteiger partial charge in [0.05, 0.1) is 0 Å². The Kier molecular flexibility index (Phi) is 10.6. The Hall–Kier alpha value is -2.84. The molecular weight excluding hydrogens is 378 g/mol. The molecule has 0 aliphatic rings. The van der Waals surface area contributed by atoms with Crippen LogP contribution in [0.15, 0.2) is 91.1 Å². The zero-order chi connectivity index (χ0) is 22.5. The first-order valence-electron chi connectivity index (χ1n) is 11.2. The van der Waals surface area contributed by atoms with Crippen molar-refractivity contribution < 1.29 is 4.74 Å². The number of likely N-dealkylation sites (N-methyl/N-ethyl adjacent to an activating group) is 1. The van der Waals surface area contributed by atoms with Crippen molar-refractivity contribution in [3.8, 4) is 5.75 Å². The van der Waals surface area contributed by atoms with Gasteiger partial charge >= 0.3 is 0 Å². The van der Waals surface area contributed by atoms with Gasteiger partial charge in [-0.15, -0.1) is 0 Å². The van der Waals surface area contributed by atoms with Crippen molar-refractivity contribution in [2.45, 2.75) is 33.6 Å². The Balaban J connectivity index is 2.30. The fraction of sp³-hybridized carbons (Fsp3) is 0.310. The Labute approximate surface area is 189 Å². The number of allylic oxidation sites excluding steroid dienone is 7. The molecule has 2 nitrogen and oxygen atoms in total. The van der Waals surface area contributed by atoms with Gasteiger partial charge in [-0.3, -0.25) is 0 Å². The largest absolute Gasteiger partial charge is 0.492 e. The quantitative estimate of drug-likeness (QED) is 0.264. The molecule has 0 bridgehead atoms. The van der Waals surface area contributed by atoms with Gasteiger partial charge in [0.15, 0.2) is 0 Å². The summed E-state index contributed by atoms with van der Waals surface area (Å²) in [4.78, 5) is 2.25. The lowest BCUT2D eigenvalue weighted by molar-refractivity contribution is 0.244. The molecule has 0 aliphatic heterocycles. The maximum absolute atomic E-state index is 5.94. The van der Waals surface area contributed by atoms with Crippen LogP contribution in [0.5, 0.6) is 5.75 Å². The standard InChI is InChI=1S/C29H37NO/c1-6-13-24(4)14-12-17-29(28(7-2)25-15-10-9-11-16-25)26-18-20-27(21-19-26)31-23-22-30(5)8-3/h6,9-16,18-21H,1,7-8,17,22-23H2,2-5H3/b14-12-,24-13-,29-28-. The van der Waals surface area contributed by atoms with Crippen molar-refractivity contribution in [2.24, 2.45) is 0 Å². The van der Waals surface area contributed by atoms with E-state index in [1.807, 2.05) is 12.2 Å². The summed E-state index contributed by atoms with van der Waals surface area (Å²) in [5.41, 5.74) is 6.47. The van der Waals surface area contributed by atoms with Gasteiger partial charge in [-0.2, -0.15) is 0 Å². The third-order valence-electron chi connectivity index (χ3n) is 5.41. The molecule has 0 atom stereocenters. The number of ether oxygens (including phenoxy) is 1. The minimum absolute atomic E-state index is 0.703. The van der Waals surface area contributed by atoms with E-state index in [1.54, 1.807) is 0 Å². The molecule has 0 fully saturated rings. The molecule has 0 saturated carbocycles. The van der Waals surface area contributed by atoms with Gasteiger partial charge in [0, 0.05) is 6.54 Å². The number of benzene rings is 2. The second-order valence-corrected chi connectivity index (χ2v) is 7.70. The number of hydrogen-bond donors (Lipinski definition) is 0. The van der Waals surface area contributed by atoms with Crippen molar-refractivity contribution in [2.75, 3.05) is 26.7 Å². The topological polar surface area (TPSA) is 12.5 Å². The summed E-state index contributed by atoms with van der Waals surface area (Å²) in [6.45, 7) is 12.9. The van der Waals surface area contributed by atoms with Crippen LogP contribution in [0.2, 0.25) is 0 Å². The molecule has 0 radical (unpaired) electrons. The molecule has 0 amide bonds. The SMILES string of the molecule is C=C/C=C(C)\C=C/C/C(=C(\CC)c1ccccc1)c1ccc(OCCN(C)CC)cc1. The predicted molar refractivity (Wildman–Crippen MR) is 136 cm³/mol. The Morgan fingerprint density at radius 3 is 2.26 bits per heavy atom. The summed E-state index contributed by atoms with van der Waals surface area (Å²) in [6.07, 6.45) is 10.1. The Morgan fingerprint density at radius 1 is 0.968 bits per heavy atom. The van der Waals surface area contributed by atoms with Crippen LogP contribution >= 0.6 is 0 Å². The van der Waals surface area contributed by atoms with E-state index in [9.17, 15) is 0 Å². The molecule has 2 heteroatoms. The van der Waals surface area contributed by atoms with Crippen molar-refractivity contribution >= 4 is 11.1 Å². The van der Waals surface area contributed by atoms with Crippen LogP contribution in [-0.4, -0.2) is 31.6 Å². The third kappa shape index (κ3) is 8.07. The summed E-state index contributed by atoms with van der Waals surface area (Å²) < 4.78 is 5.94. The van der Waals surface area contributed by atoms with Crippen LogP contribution in [0.25, 0.3) is 11.1 Å². The smallest absolute Gasteiger partial charge is 0.119 e. The average Bonchev–Trinajstić information content (AvgIpc) is 2.80. The van der Waals surface area contributed by atoms with E-state index >= 15 is 0 Å². The summed E-state index contributed by atoms with van der Waals surface area (Å²) in [7, 11) is 2.11. The molecule has 0 aromatic heterocycles. The molecule has 0 heterocycles. The normalized spacial score (nSPS) is 12.9. The van der Waals surface area contributed by atoms with Crippen LogP contribution in [0.4, 0.5) is 0 Å². The van der Waals surface area contributed by atoms with Crippen LogP contribution in [-0.2, 0) is 0 Å².